The minimum atomic E-state index is -3.58. The van der Waals surface area contributed by atoms with Gasteiger partial charge in [0.1, 0.15) is 0 Å². The molecular weight excluding hydrogens is 264 g/mol. The van der Waals surface area contributed by atoms with Crippen molar-refractivity contribution >= 4 is 15.9 Å². The second-order valence-corrected chi connectivity index (χ2v) is 6.71. The van der Waals surface area contributed by atoms with Crippen molar-refractivity contribution in [2.24, 2.45) is 0 Å². The summed E-state index contributed by atoms with van der Waals surface area (Å²) < 4.78 is 25.6. The lowest BCUT2D eigenvalue weighted by Gasteiger charge is -2.21. The molecule has 1 fully saturated rings. The normalized spacial score (nSPS) is 16.0. The Labute approximate surface area is 113 Å². The number of carbonyl (C=O) groups excluding carboxylic acids is 1. The van der Waals surface area contributed by atoms with Crippen LogP contribution in [-0.4, -0.2) is 50.2 Å². The minimum Gasteiger partial charge on any atom is -0.342 e. The van der Waals surface area contributed by atoms with E-state index in [-0.39, 0.29) is 17.3 Å². The average molecular weight is 282 g/mol. The summed E-state index contributed by atoms with van der Waals surface area (Å²) >= 11 is 0. The molecule has 0 atom stereocenters. The van der Waals surface area contributed by atoms with Crippen LogP contribution >= 0.6 is 0 Å². The fourth-order valence-corrected chi connectivity index (χ4v) is 3.26. The molecule has 0 unspecified atom stereocenters. The molecule has 5 nitrogen and oxygen atoms in total. The molecule has 1 aliphatic heterocycles. The molecule has 0 spiro atoms. The van der Waals surface area contributed by atoms with Crippen LogP contribution in [0.1, 0.15) is 12.8 Å². The number of sulfonamides is 1. The quantitative estimate of drug-likeness (QED) is 0.825. The van der Waals surface area contributed by atoms with Gasteiger partial charge in [0.25, 0.3) is 0 Å². The van der Waals surface area contributed by atoms with Crippen molar-refractivity contribution in [2.75, 3.05) is 26.7 Å². The maximum atomic E-state index is 12.2. The average Bonchev–Trinajstić information content (AvgIpc) is 2.93. The number of hydrogen-bond acceptors (Lipinski definition) is 3. The first kappa shape index (κ1) is 14.0. The van der Waals surface area contributed by atoms with E-state index in [1.165, 1.54) is 19.2 Å². The van der Waals surface area contributed by atoms with Crippen molar-refractivity contribution < 1.29 is 13.2 Å². The fourth-order valence-electron chi connectivity index (χ4n) is 2.11. The van der Waals surface area contributed by atoms with Crippen molar-refractivity contribution in [1.82, 2.24) is 9.21 Å². The molecule has 0 radical (unpaired) electrons. The van der Waals surface area contributed by atoms with Crippen LogP contribution < -0.4 is 0 Å². The molecular formula is C13H18N2O3S. The Morgan fingerprint density at radius 3 is 2.37 bits per heavy atom. The van der Waals surface area contributed by atoms with Crippen LogP contribution in [0, 0.1) is 0 Å². The lowest BCUT2D eigenvalue weighted by Crippen LogP contribution is -2.39. The highest BCUT2D eigenvalue weighted by atomic mass is 32.2. The van der Waals surface area contributed by atoms with Crippen LogP contribution in [0.4, 0.5) is 0 Å². The third-order valence-electron chi connectivity index (χ3n) is 3.27. The lowest BCUT2D eigenvalue weighted by atomic mass is 10.4. The number of nitrogens with zero attached hydrogens (tertiary/aromatic N) is 2. The third-order valence-corrected chi connectivity index (χ3v) is 5.09. The largest absolute Gasteiger partial charge is 0.342 e. The highest BCUT2D eigenvalue weighted by Gasteiger charge is 2.26. The van der Waals surface area contributed by atoms with Gasteiger partial charge in [-0.3, -0.25) is 4.79 Å². The van der Waals surface area contributed by atoms with Gasteiger partial charge in [-0.05, 0) is 25.0 Å². The second kappa shape index (κ2) is 5.71. The molecule has 6 heteroatoms. The molecule has 1 amide bonds. The number of carbonyl (C=O) groups is 1. The standard InChI is InChI=1S/C13H18N2O3S/c1-14(11-13(16)15-9-5-6-10-15)19(17,18)12-7-3-2-4-8-12/h2-4,7-8H,5-6,9-11H2,1H3. The fraction of sp³-hybridized carbons (Fsp3) is 0.462. The molecule has 19 heavy (non-hydrogen) atoms. The van der Waals surface area contributed by atoms with Crippen molar-refractivity contribution in [3.8, 4) is 0 Å². The number of likely N-dealkylation sites (tertiary alicyclic amines) is 1. The van der Waals surface area contributed by atoms with Gasteiger partial charge < -0.3 is 4.90 Å². The van der Waals surface area contributed by atoms with Gasteiger partial charge in [0, 0.05) is 20.1 Å². The summed E-state index contributed by atoms with van der Waals surface area (Å²) in [5, 5.41) is 0. The summed E-state index contributed by atoms with van der Waals surface area (Å²) in [6.07, 6.45) is 2.00. The van der Waals surface area contributed by atoms with Crippen LogP contribution in [0.25, 0.3) is 0 Å². The Kier molecular flexibility index (Phi) is 4.21. The predicted octanol–water partition coefficient (Wildman–Crippen LogP) is 0.929. The second-order valence-electron chi connectivity index (χ2n) is 4.66. The predicted molar refractivity (Wildman–Crippen MR) is 72.1 cm³/mol. The maximum Gasteiger partial charge on any atom is 0.243 e. The molecule has 0 aliphatic carbocycles. The zero-order chi connectivity index (χ0) is 13.9. The van der Waals surface area contributed by atoms with E-state index < -0.39 is 10.0 Å². The lowest BCUT2D eigenvalue weighted by molar-refractivity contribution is -0.130. The first-order valence-electron chi connectivity index (χ1n) is 6.31. The van der Waals surface area contributed by atoms with E-state index in [0.29, 0.717) is 0 Å². The number of amides is 1. The monoisotopic (exact) mass is 282 g/mol. The Balaban J connectivity index is 2.07. The van der Waals surface area contributed by atoms with Gasteiger partial charge in [-0.25, -0.2) is 8.42 Å². The van der Waals surface area contributed by atoms with Gasteiger partial charge in [0.2, 0.25) is 15.9 Å². The van der Waals surface area contributed by atoms with Gasteiger partial charge in [-0.15, -0.1) is 0 Å². The van der Waals surface area contributed by atoms with E-state index in [1.54, 1.807) is 23.1 Å². The van der Waals surface area contributed by atoms with Crippen molar-refractivity contribution in [3.63, 3.8) is 0 Å². The van der Waals surface area contributed by atoms with E-state index >= 15 is 0 Å². The number of likely N-dealkylation sites (N-methyl/N-ethyl adjacent to an activating group) is 1. The van der Waals surface area contributed by atoms with Gasteiger partial charge in [0.15, 0.2) is 0 Å². The Hall–Kier alpha value is -1.40. The number of benzene rings is 1. The van der Waals surface area contributed by atoms with Crippen molar-refractivity contribution in [2.45, 2.75) is 17.7 Å². The van der Waals surface area contributed by atoms with Crippen molar-refractivity contribution in [1.29, 1.82) is 0 Å². The highest BCUT2D eigenvalue weighted by Crippen LogP contribution is 2.14. The molecule has 1 saturated heterocycles. The Morgan fingerprint density at radius 2 is 1.79 bits per heavy atom. The van der Waals surface area contributed by atoms with Gasteiger partial charge in [-0.1, -0.05) is 18.2 Å². The minimum absolute atomic E-state index is 0.1000. The van der Waals surface area contributed by atoms with E-state index in [4.69, 9.17) is 0 Å². The molecule has 0 bridgehead atoms. The molecule has 0 aromatic heterocycles. The molecule has 1 aromatic rings. The molecule has 0 N–H and O–H groups in total. The third kappa shape index (κ3) is 3.13. The Bertz CT molecular complexity index is 536. The van der Waals surface area contributed by atoms with E-state index in [2.05, 4.69) is 0 Å². The summed E-state index contributed by atoms with van der Waals surface area (Å²) in [7, 11) is -2.14. The smallest absolute Gasteiger partial charge is 0.243 e. The van der Waals surface area contributed by atoms with Gasteiger partial charge in [-0.2, -0.15) is 4.31 Å². The van der Waals surface area contributed by atoms with Crippen LogP contribution in [0.15, 0.2) is 35.2 Å². The molecule has 104 valence electrons. The van der Waals surface area contributed by atoms with Crippen LogP contribution in [-0.2, 0) is 14.8 Å². The molecule has 1 aliphatic rings. The topological polar surface area (TPSA) is 57.7 Å². The van der Waals surface area contributed by atoms with Crippen molar-refractivity contribution in [3.05, 3.63) is 30.3 Å². The van der Waals surface area contributed by atoms with E-state index in [1.807, 2.05) is 0 Å². The number of rotatable bonds is 4. The molecule has 1 heterocycles. The summed E-state index contributed by atoms with van der Waals surface area (Å²) in [5.41, 5.74) is 0. The van der Waals surface area contributed by atoms with Gasteiger partial charge >= 0.3 is 0 Å². The van der Waals surface area contributed by atoms with E-state index in [0.717, 1.165) is 30.2 Å². The molecule has 1 aromatic carbocycles. The Morgan fingerprint density at radius 1 is 1.21 bits per heavy atom. The summed E-state index contributed by atoms with van der Waals surface area (Å²) in [6, 6.07) is 8.17. The summed E-state index contributed by atoms with van der Waals surface area (Å²) in [6.45, 7) is 1.37. The zero-order valence-electron chi connectivity index (χ0n) is 10.9. The summed E-state index contributed by atoms with van der Waals surface area (Å²) in [5.74, 6) is -0.125. The maximum absolute atomic E-state index is 12.2. The molecule has 0 saturated carbocycles. The SMILES string of the molecule is CN(CC(=O)N1CCCC1)S(=O)(=O)c1ccccc1. The number of hydrogen-bond donors (Lipinski definition) is 0. The highest BCUT2D eigenvalue weighted by molar-refractivity contribution is 7.89. The van der Waals surface area contributed by atoms with Crippen LogP contribution in [0.2, 0.25) is 0 Å². The molecule has 2 rings (SSSR count). The van der Waals surface area contributed by atoms with Crippen LogP contribution in [0.3, 0.4) is 0 Å². The van der Waals surface area contributed by atoms with Crippen LogP contribution in [0.5, 0.6) is 0 Å². The first-order chi connectivity index (χ1) is 9.01. The van der Waals surface area contributed by atoms with E-state index in [9.17, 15) is 13.2 Å². The zero-order valence-corrected chi connectivity index (χ0v) is 11.8. The summed E-state index contributed by atoms with van der Waals surface area (Å²) in [4.78, 5) is 13.9. The first-order valence-corrected chi connectivity index (χ1v) is 7.75. The van der Waals surface area contributed by atoms with Gasteiger partial charge in [0.05, 0.1) is 11.4 Å².